The lowest BCUT2D eigenvalue weighted by Gasteiger charge is -2.33. The average Bonchev–Trinajstić information content (AvgIpc) is 3.31. The molecule has 1 aromatic heterocycles. The second kappa shape index (κ2) is 10.8. The fourth-order valence-electron chi connectivity index (χ4n) is 5.05. The summed E-state index contributed by atoms with van der Waals surface area (Å²) in [5.74, 6) is 0.241. The third-order valence-electron chi connectivity index (χ3n) is 7.08. The molecule has 2 aliphatic rings. The number of piperidine rings is 1. The highest BCUT2D eigenvalue weighted by molar-refractivity contribution is 7.89. The molecule has 0 radical (unpaired) electrons. The number of amides is 2. The number of fused-ring (bicyclic) bond motifs is 1. The van der Waals surface area contributed by atoms with E-state index in [1.807, 2.05) is 11.8 Å². The number of rotatable bonds is 6. The van der Waals surface area contributed by atoms with Crippen molar-refractivity contribution >= 4 is 38.6 Å². The predicted octanol–water partition coefficient (Wildman–Crippen LogP) is 3.23. The normalized spacial score (nSPS) is 17.6. The van der Waals surface area contributed by atoms with Crippen molar-refractivity contribution in [1.82, 2.24) is 19.1 Å². The van der Waals surface area contributed by atoms with E-state index in [1.54, 1.807) is 36.4 Å². The molecular weight excluding hydrogens is 506 g/mol. The molecule has 202 valence electrons. The van der Waals surface area contributed by atoms with Gasteiger partial charge in [-0.3, -0.25) is 14.5 Å². The summed E-state index contributed by atoms with van der Waals surface area (Å²) < 4.78 is 34.2. The van der Waals surface area contributed by atoms with E-state index < -0.39 is 10.0 Å². The number of hydrogen-bond donors (Lipinski definition) is 1. The van der Waals surface area contributed by atoms with Gasteiger partial charge in [-0.05, 0) is 62.1 Å². The van der Waals surface area contributed by atoms with Crippen LogP contribution in [0.2, 0.25) is 0 Å². The Kier molecular flexibility index (Phi) is 7.51. The average molecular weight is 540 g/mol. The number of nitrogens with zero attached hydrogens (tertiary/aromatic N) is 4. The minimum atomic E-state index is -3.78. The Labute approximate surface area is 222 Å². The fraction of sp³-hybridized carbons (Fsp3) is 0.444. The van der Waals surface area contributed by atoms with Crippen molar-refractivity contribution in [2.24, 2.45) is 0 Å². The molecule has 0 bridgehead atoms. The number of likely N-dealkylation sites (tertiary alicyclic amines) is 1. The highest BCUT2D eigenvalue weighted by atomic mass is 32.2. The fourth-order valence-corrected chi connectivity index (χ4v) is 6.70. The molecule has 0 aliphatic carbocycles. The van der Waals surface area contributed by atoms with Crippen LogP contribution in [-0.2, 0) is 21.4 Å². The van der Waals surface area contributed by atoms with E-state index in [0.29, 0.717) is 55.3 Å². The van der Waals surface area contributed by atoms with Gasteiger partial charge in [0.15, 0.2) is 5.58 Å². The van der Waals surface area contributed by atoms with Gasteiger partial charge >= 0.3 is 0 Å². The monoisotopic (exact) mass is 539 g/mol. The van der Waals surface area contributed by atoms with Crippen LogP contribution in [0.5, 0.6) is 0 Å². The number of piperazine rings is 1. The zero-order valence-electron chi connectivity index (χ0n) is 21.8. The molecule has 2 fully saturated rings. The summed E-state index contributed by atoms with van der Waals surface area (Å²) in [4.78, 5) is 33.2. The minimum absolute atomic E-state index is 0.0313. The maximum Gasteiger partial charge on any atom is 0.253 e. The van der Waals surface area contributed by atoms with Crippen LogP contribution in [0.1, 0.15) is 48.0 Å². The van der Waals surface area contributed by atoms with Gasteiger partial charge < -0.3 is 14.6 Å². The van der Waals surface area contributed by atoms with Gasteiger partial charge in [-0.25, -0.2) is 13.4 Å². The lowest BCUT2D eigenvalue weighted by Crippen LogP contribution is -2.48. The molecule has 2 aromatic carbocycles. The molecule has 0 saturated carbocycles. The summed E-state index contributed by atoms with van der Waals surface area (Å²) >= 11 is 0. The van der Waals surface area contributed by atoms with Crippen molar-refractivity contribution in [2.45, 2.75) is 44.6 Å². The Morgan fingerprint density at radius 2 is 1.71 bits per heavy atom. The van der Waals surface area contributed by atoms with Gasteiger partial charge in [0, 0.05) is 51.8 Å². The number of nitrogens with one attached hydrogen (secondary N) is 1. The second-order valence-corrected chi connectivity index (χ2v) is 11.9. The molecule has 11 heteroatoms. The lowest BCUT2D eigenvalue weighted by atomic mass is 10.1. The van der Waals surface area contributed by atoms with Crippen molar-refractivity contribution in [3.05, 3.63) is 53.4 Å². The summed E-state index contributed by atoms with van der Waals surface area (Å²) in [7, 11) is -3.78. The van der Waals surface area contributed by atoms with Crippen LogP contribution in [0.3, 0.4) is 0 Å². The van der Waals surface area contributed by atoms with Gasteiger partial charge in [0.2, 0.25) is 21.8 Å². The number of aromatic nitrogens is 1. The number of hydrogen-bond acceptors (Lipinski definition) is 7. The van der Waals surface area contributed by atoms with Gasteiger partial charge in [0.05, 0.1) is 12.2 Å². The number of sulfonamides is 1. The molecule has 1 N–H and O–H groups in total. The lowest BCUT2D eigenvalue weighted by molar-refractivity contribution is -0.114. The van der Waals surface area contributed by atoms with Gasteiger partial charge in [0.25, 0.3) is 5.91 Å². The molecule has 3 aromatic rings. The number of oxazole rings is 1. The molecule has 2 amide bonds. The number of benzene rings is 2. The molecule has 0 atom stereocenters. The summed E-state index contributed by atoms with van der Waals surface area (Å²) in [6, 6.07) is 10.4. The Morgan fingerprint density at radius 3 is 2.42 bits per heavy atom. The van der Waals surface area contributed by atoms with Gasteiger partial charge in [0.1, 0.15) is 10.4 Å². The number of carbonyl (C=O) groups is 2. The van der Waals surface area contributed by atoms with Crippen LogP contribution in [-0.4, -0.2) is 78.6 Å². The highest BCUT2D eigenvalue weighted by Crippen LogP contribution is 2.27. The van der Waals surface area contributed by atoms with Crippen LogP contribution in [0.25, 0.3) is 11.1 Å². The quantitative estimate of drug-likeness (QED) is 0.511. The van der Waals surface area contributed by atoms with E-state index in [0.717, 1.165) is 31.5 Å². The van der Waals surface area contributed by atoms with E-state index in [2.05, 4.69) is 15.2 Å². The molecule has 38 heavy (non-hydrogen) atoms. The molecule has 2 saturated heterocycles. The van der Waals surface area contributed by atoms with Gasteiger partial charge in [-0.1, -0.05) is 6.07 Å². The van der Waals surface area contributed by atoms with Crippen LogP contribution in [0.4, 0.5) is 5.69 Å². The van der Waals surface area contributed by atoms with Crippen molar-refractivity contribution in [2.75, 3.05) is 44.6 Å². The van der Waals surface area contributed by atoms with E-state index >= 15 is 0 Å². The molecule has 2 aliphatic heterocycles. The van der Waals surface area contributed by atoms with Crippen LogP contribution in [0.15, 0.2) is 45.7 Å². The molecule has 3 heterocycles. The standard InChI is InChI=1S/C27H33N5O5S/c1-19-6-8-22(28-20(2)33)25(16-19)38(35,36)32-14-12-30(13-15-32)18-26-29-23-17-21(7-9-24(23)37-26)27(34)31-10-4-3-5-11-31/h6-9,16-17H,3-5,10-15,18H2,1-2H3,(H,28,33). The summed E-state index contributed by atoms with van der Waals surface area (Å²) in [5.41, 5.74) is 2.98. The zero-order valence-corrected chi connectivity index (χ0v) is 22.6. The third kappa shape index (κ3) is 5.59. The molecule has 0 unspecified atom stereocenters. The third-order valence-corrected chi connectivity index (χ3v) is 9.02. The number of anilines is 1. The van der Waals surface area contributed by atoms with Crippen LogP contribution < -0.4 is 5.32 Å². The Balaban J connectivity index is 1.24. The molecular formula is C27H33N5O5S. The van der Waals surface area contributed by atoms with E-state index in [1.165, 1.54) is 17.6 Å². The summed E-state index contributed by atoms with van der Waals surface area (Å²) in [5, 5.41) is 2.63. The Hall–Kier alpha value is -3.28. The van der Waals surface area contributed by atoms with Crippen molar-refractivity contribution < 1.29 is 22.4 Å². The van der Waals surface area contributed by atoms with Crippen molar-refractivity contribution in [3.8, 4) is 0 Å². The maximum atomic E-state index is 13.4. The molecule has 0 spiro atoms. The van der Waals surface area contributed by atoms with Crippen molar-refractivity contribution in [3.63, 3.8) is 0 Å². The zero-order chi connectivity index (χ0) is 26.9. The van der Waals surface area contributed by atoms with Gasteiger partial charge in [-0.2, -0.15) is 4.31 Å². The first-order valence-electron chi connectivity index (χ1n) is 13.0. The van der Waals surface area contributed by atoms with Crippen LogP contribution >= 0.6 is 0 Å². The minimum Gasteiger partial charge on any atom is -0.439 e. The smallest absolute Gasteiger partial charge is 0.253 e. The maximum absolute atomic E-state index is 13.4. The van der Waals surface area contributed by atoms with E-state index in [9.17, 15) is 18.0 Å². The van der Waals surface area contributed by atoms with E-state index in [4.69, 9.17) is 4.42 Å². The largest absolute Gasteiger partial charge is 0.439 e. The van der Waals surface area contributed by atoms with Crippen molar-refractivity contribution in [1.29, 1.82) is 0 Å². The highest BCUT2D eigenvalue weighted by Gasteiger charge is 2.31. The topological polar surface area (TPSA) is 116 Å². The Morgan fingerprint density at radius 1 is 0.974 bits per heavy atom. The second-order valence-electron chi connectivity index (χ2n) is 10.0. The van der Waals surface area contributed by atoms with Gasteiger partial charge in [-0.15, -0.1) is 0 Å². The molecule has 10 nitrogen and oxygen atoms in total. The predicted molar refractivity (Wildman–Crippen MR) is 143 cm³/mol. The summed E-state index contributed by atoms with van der Waals surface area (Å²) in [6.45, 7) is 6.85. The first-order valence-corrected chi connectivity index (χ1v) is 14.4. The first-order chi connectivity index (χ1) is 18.2. The summed E-state index contributed by atoms with van der Waals surface area (Å²) in [6.07, 6.45) is 3.25. The SMILES string of the molecule is CC(=O)Nc1ccc(C)cc1S(=O)(=O)N1CCN(Cc2nc3cc(C(=O)N4CCCCC4)ccc3o2)CC1. The van der Waals surface area contributed by atoms with Crippen LogP contribution in [0, 0.1) is 6.92 Å². The first kappa shape index (κ1) is 26.3. The Bertz CT molecular complexity index is 1450. The number of carbonyl (C=O) groups excluding carboxylic acids is 2. The molecule has 5 rings (SSSR count). The number of aryl methyl sites for hydroxylation is 1. The van der Waals surface area contributed by atoms with E-state index in [-0.39, 0.29) is 22.4 Å².